The van der Waals surface area contributed by atoms with Gasteiger partial charge < -0.3 is 14.9 Å². The lowest BCUT2D eigenvalue weighted by Crippen LogP contribution is -2.26. The number of nitro benzene ring substituents is 1. The van der Waals surface area contributed by atoms with E-state index in [9.17, 15) is 20.2 Å². The average Bonchev–Trinajstić information content (AvgIpc) is 2.67. The first-order valence-electron chi connectivity index (χ1n) is 7.89. The van der Waals surface area contributed by atoms with Crippen molar-refractivity contribution in [3.05, 3.63) is 91.5 Å². The zero-order valence-electron chi connectivity index (χ0n) is 13.7. The molecular weight excluding hydrogens is 350 g/mol. The second-order valence-electron chi connectivity index (χ2n) is 5.90. The predicted molar refractivity (Wildman–Crippen MR) is 94.9 cm³/mol. The molecule has 27 heavy (non-hydrogen) atoms. The largest absolute Gasteiger partial charge is 0.425 e. The monoisotopic (exact) mass is 361 g/mol. The third-order valence-corrected chi connectivity index (χ3v) is 4.40. The number of non-ortho nitro benzene ring substituents is 1. The molecule has 0 unspecified atom stereocenters. The number of rotatable bonds is 2. The van der Waals surface area contributed by atoms with Crippen LogP contribution in [0.25, 0.3) is 11.0 Å². The number of nitrogens with zero attached hydrogens (tertiary/aromatic N) is 2. The van der Waals surface area contributed by atoms with Crippen molar-refractivity contribution in [3.63, 3.8) is 0 Å². The maximum absolute atomic E-state index is 13.1. The summed E-state index contributed by atoms with van der Waals surface area (Å²) in [6.45, 7) is 0. The molecule has 1 aliphatic rings. The van der Waals surface area contributed by atoms with E-state index in [-0.39, 0.29) is 34.1 Å². The molecule has 0 spiro atoms. The van der Waals surface area contributed by atoms with Crippen molar-refractivity contribution in [1.82, 2.24) is 0 Å². The second kappa shape index (κ2) is 6.00. The Morgan fingerprint density at radius 1 is 1.15 bits per heavy atom. The van der Waals surface area contributed by atoms with Crippen molar-refractivity contribution in [1.29, 1.82) is 5.26 Å². The zero-order chi connectivity index (χ0) is 19.1. The van der Waals surface area contributed by atoms with Crippen LogP contribution in [0.1, 0.15) is 17.0 Å². The normalized spacial score (nSPS) is 15.7. The Labute approximate surface area is 151 Å². The number of nitriles is 1. The fraction of sp³-hybridized carbons (Fsp3) is 0.0526. The summed E-state index contributed by atoms with van der Waals surface area (Å²) in [5, 5.41) is 20.8. The zero-order valence-corrected chi connectivity index (χ0v) is 13.7. The van der Waals surface area contributed by atoms with E-state index in [1.165, 1.54) is 24.3 Å². The number of hydrogen-bond acceptors (Lipinski definition) is 7. The van der Waals surface area contributed by atoms with Crippen molar-refractivity contribution < 1.29 is 14.1 Å². The Morgan fingerprint density at radius 2 is 1.85 bits per heavy atom. The van der Waals surface area contributed by atoms with E-state index >= 15 is 0 Å². The van der Waals surface area contributed by atoms with Gasteiger partial charge in [0.25, 0.3) is 11.6 Å². The van der Waals surface area contributed by atoms with Crippen LogP contribution in [0.15, 0.2) is 69.2 Å². The van der Waals surface area contributed by atoms with Gasteiger partial charge in [0, 0.05) is 12.1 Å². The van der Waals surface area contributed by atoms with Gasteiger partial charge in [-0.15, -0.1) is 0 Å². The third-order valence-electron chi connectivity index (χ3n) is 4.40. The molecule has 3 aromatic rings. The Morgan fingerprint density at radius 3 is 2.52 bits per heavy atom. The highest BCUT2D eigenvalue weighted by Crippen LogP contribution is 2.41. The maximum atomic E-state index is 13.1. The summed E-state index contributed by atoms with van der Waals surface area (Å²) in [4.78, 5) is 23.4. The summed E-state index contributed by atoms with van der Waals surface area (Å²) in [5.41, 5.74) is 6.41. The lowest BCUT2D eigenvalue weighted by Gasteiger charge is -2.24. The predicted octanol–water partition coefficient (Wildman–Crippen LogP) is 2.92. The van der Waals surface area contributed by atoms with E-state index in [0.717, 1.165) is 0 Å². The van der Waals surface area contributed by atoms with Gasteiger partial charge in [0.15, 0.2) is 0 Å². The molecule has 0 fully saturated rings. The number of benzene rings is 2. The minimum absolute atomic E-state index is 0.0407. The molecule has 0 radical (unpaired) electrons. The van der Waals surface area contributed by atoms with Crippen LogP contribution in [-0.2, 0) is 0 Å². The van der Waals surface area contributed by atoms with E-state index in [2.05, 4.69) is 0 Å². The van der Waals surface area contributed by atoms with Crippen LogP contribution < -0.4 is 15.9 Å². The van der Waals surface area contributed by atoms with E-state index < -0.39 is 10.8 Å². The number of nitro groups is 1. The molecule has 0 saturated heterocycles. The number of para-hydroxylation sites is 1. The minimum Gasteiger partial charge on any atom is -0.425 e. The standard InChI is InChI=1S/C19H11N3O5/c20-9-13-15(10-5-7-11(8-6-10)22(24)25)16-17(23)12-3-1-2-4-14(12)26-19(16)27-18(13)21/h1-8,15H,21H2/t15-/m1/s1. The quantitative estimate of drug-likeness (QED) is 0.548. The molecule has 4 rings (SSSR count). The summed E-state index contributed by atoms with van der Waals surface area (Å²) in [7, 11) is 0. The molecule has 132 valence electrons. The van der Waals surface area contributed by atoms with Gasteiger partial charge in [0.2, 0.25) is 11.3 Å². The smallest absolute Gasteiger partial charge is 0.300 e. The Kier molecular flexibility index (Phi) is 3.63. The molecule has 0 aliphatic carbocycles. The van der Waals surface area contributed by atoms with Crippen LogP contribution in [-0.4, -0.2) is 4.92 Å². The summed E-state index contributed by atoms with van der Waals surface area (Å²) in [5.74, 6) is -1.11. The summed E-state index contributed by atoms with van der Waals surface area (Å²) < 4.78 is 11.1. The molecule has 1 atom stereocenters. The second-order valence-corrected chi connectivity index (χ2v) is 5.90. The van der Waals surface area contributed by atoms with Gasteiger partial charge in [-0.05, 0) is 17.7 Å². The Hall–Kier alpha value is -4.12. The van der Waals surface area contributed by atoms with Gasteiger partial charge in [-0.1, -0.05) is 24.3 Å². The van der Waals surface area contributed by atoms with Gasteiger partial charge >= 0.3 is 0 Å². The van der Waals surface area contributed by atoms with E-state index in [0.29, 0.717) is 16.5 Å². The van der Waals surface area contributed by atoms with E-state index in [4.69, 9.17) is 14.9 Å². The van der Waals surface area contributed by atoms with Crippen molar-refractivity contribution >= 4 is 16.7 Å². The van der Waals surface area contributed by atoms with Crippen LogP contribution in [0.5, 0.6) is 5.95 Å². The van der Waals surface area contributed by atoms with Crippen molar-refractivity contribution in [2.75, 3.05) is 0 Å². The number of nitrogens with two attached hydrogens (primary N) is 1. The molecule has 0 amide bonds. The lowest BCUT2D eigenvalue weighted by molar-refractivity contribution is -0.384. The van der Waals surface area contributed by atoms with Gasteiger partial charge in [-0.25, -0.2) is 0 Å². The fourth-order valence-corrected chi connectivity index (χ4v) is 3.14. The van der Waals surface area contributed by atoms with Gasteiger partial charge in [-0.2, -0.15) is 5.26 Å². The SMILES string of the molecule is N#CC1=C(N)Oc2oc3ccccc3c(=O)c2[C@@H]1c1ccc([N+](=O)[O-])cc1. The molecule has 0 saturated carbocycles. The molecule has 1 aliphatic heterocycles. The van der Waals surface area contributed by atoms with Gasteiger partial charge in [0.05, 0.1) is 21.8 Å². The molecule has 8 nitrogen and oxygen atoms in total. The summed E-state index contributed by atoms with van der Waals surface area (Å²) in [6, 6.07) is 14.2. The van der Waals surface area contributed by atoms with Gasteiger partial charge in [-0.3, -0.25) is 14.9 Å². The fourth-order valence-electron chi connectivity index (χ4n) is 3.14. The van der Waals surface area contributed by atoms with Crippen LogP contribution >= 0.6 is 0 Å². The molecule has 2 N–H and O–H groups in total. The minimum atomic E-state index is -0.847. The van der Waals surface area contributed by atoms with Crippen molar-refractivity contribution in [2.45, 2.75) is 5.92 Å². The number of fused-ring (bicyclic) bond motifs is 2. The molecule has 2 heterocycles. The topological polar surface area (TPSA) is 132 Å². The highest BCUT2D eigenvalue weighted by atomic mass is 16.6. The number of ether oxygens (including phenoxy) is 1. The van der Waals surface area contributed by atoms with Crippen molar-refractivity contribution in [2.24, 2.45) is 5.73 Å². The first-order valence-corrected chi connectivity index (χ1v) is 7.89. The average molecular weight is 361 g/mol. The highest BCUT2D eigenvalue weighted by molar-refractivity contribution is 5.78. The Balaban J connectivity index is 2.00. The lowest BCUT2D eigenvalue weighted by atomic mass is 9.84. The number of allylic oxidation sites excluding steroid dienone is 1. The summed E-state index contributed by atoms with van der Waals surface area (Å²) in [6.07, 6.45) is 0. The number of hydrogen-bond donors (Lipinski definition) is 1. The van der Waals surface area contributed by atoms with Crippen LogP contribution in [0.4, 0.5) is 5.69 Å². The van der Waals surface area contributed by atoms with E-state index in [1.54, 1.807) is 24.3 Å². The molecule has 8 heteroatoms. The molecule has 0 bridgehead atoms. The Bertz CT molecular complexity index is 1220. The first kappa shape index (κ1) is 16.4. The van der Waals surface area contributed by atoms with Crippen molar-refractivity contribution in [3.8, 4) is 12.0 Å². The molecule has 1 aromatic heterocycles. The van der Waals surface area contributed by atoms with Crippen LogP contribution in [0.3, 0.4) is 0 Å². The highest BCUT2D eigenvalue weighted by Gasteiger charge is 2.35. The molecule has 2 aromatic carbocycles. The summed E-state index contributed by atoms with van der Waals surface area (Å²) >= 11 is 0. The van der Waals surface area contributed by atoms with Crippen LogP contribution in [0.2, 0.25) is 0 Å². The van der Waals surface area contributed by atoms with E-state index in [1.807, 2.05) is 6.07 Å². The first-order chi connectivity index (χ1) is 13.0. The van der Waals surface area contributed by atoms with Gasteiger partial charge in [0.1, 0.15) is 17.2 Å². The molecular formula is C19H11N3O5. The maximum Gasteiger partial charge on any atom is 0.300 e. The third kappa shape index (κ3) is 2.49. The van der Waals surface area contributed by atoms with Crippen LogP contribution in [0, 0.1) is 21.4 Å².